The van der Waals surface area contributed by atoms with Gasteiger partial charge < -0.3 is 0 Å². The Morgan fingerprint density at radius 3 is 2.42 bits per heavy atom. The van der Waals surface area contributed by atoms with E-state index in [-0.39, 0.29) is 5.56 Å². The molecule has 0 aliphatic heterocycles. The van der Waals surface area contributed by atoms with Gasteiger partial charge in [-0.05, 0) is 0 Å². The number of rotatable bonds is 6. The maximum absolute atomic E-state index is 12.9. The van der Waals surface area contributed by atoms with Gasteiger partial charge in [-0.1, -0.05) is 0 Å². The second kappa shape index (κ2) is 7.52. The van der Waals surface area contributed by atoms with Gasteiger partial charge in [0.05, 0.1) is 0 Å². The third-order valence-corrected chi connectivity index (χ3v) is 12.0. The second-order valence-corrected chi connectivity index (χ2v) is 29.0. The van der Waals surface area contributed by atoms with E-state index < -0.39 is 26.5 Å². The fourth-order valence-corrected chi connectivity index (χ4v) is 8.22. The molecule has 3 nitrogen and oxygen atoms in total. The summed E-state index contributed by atoms with van der Waals surface area (Å²) in [5.74, 6) is 0. The van der Waals surface area contributed by atoms with Gasteiger partial charge in [-0.25, -0.2) is 0 Å². The number of hydrogen-bond acceptors (Lipinski definition) is 2. The van der Waals surface area contributed by atoms with Crippen molar-refractivity contribution in [3.63, 3.8) is 0 Å². The Bertz CT molecular complexity index is 790. The van der Waals surface area contributed by atoms with Crippen LogP contribution in [-0.2, 0) is 11.5 Å². The van der Waals surface area contributed by atoms with E-state index in [1.807, 2.05) is 18.3 Å². The number of ether oxygens (including phenoxy) is 1. The number of hydrogen-bond donors (Lipinski definition) is 0. The normalized spacial score (nSPS) is 12.8. The molecule has 6 heteroatoms. The number of pyridine rings is 1. The van der Waals surface area contributed by atoms with Crippen molar-refractivity contribution in [3.05, 3.63) is 39.8 Å². The Morgan fingerprint density at radius 2 is 1.83 bits per heavy atom. The molecule has 1 heterocycles. The van der Waals surface area contributed by atoms with Gasteiger partial charge in [0.1, 0.15) is 0 Å². The van der Waals surface area contributed by atoms with Gasteiger partial charge >= 0.3 is 155 Å². The van der Waals surface area contributed by atoms with Crippen LogP contribution in [0.15, 0.2) is 29.2 Å². The van der Waals surface area contributed by atoms with E-state index in [9.17, 15) is 4.79 Å². The Hall–Kier alpha value is -0.304. The molecular weight excluding hydrogens is 444 g/mol. The van der Waals surface area contributed by atoms with Crippen molar-refractivity contribution in [2.75, 3.05) is 6.61 Å². The molecule has 0 atom stereocenters. The summed E-state index contributed by atoms with van der Waals surface area (Å²) in [6, 6.07) is 7.11. The number of nitrogens with zero attached hydrogens (tertiary/aromatic N) is 1. The third kappa shape index (κ3) is 4.87. The van der Waals surface area contributed by atoms with Crippen LogP contribution >= 0.6 is 11.6 Å². The zero-order chi connectivity index (χ0) is 18.1. The molecule has 132 valence electrons. The number of halogens is 1. The topological polar surface area (TPSA) is 31.2 Å². The molecule has 0 aliphatic rings. The summed E-state index contributed by atoms with van der Waals surface area (Å²) < 4.78 is 8.70. The zero-order valence-electron chi connectivity index (χ0n) is 15.6. The second-order valence-electron chi connectivity index (χ2n) is 8.57. The number of fused-ring (bicyclic) bond motifs is 1. The monoisotopic (exact) mass is 473 g/mol. The summed E-state index contributed by atoms with van der Waals surface area (Å²) in [5, 5.41) is 2.19. The molecule has 2 rings (SSSR count). The number of benzene rings is 1. The van der Waals surface area contributed by atoms with E-state index in [1.165, 1.54) is 3.58 Å². The predicted molar refractivity (Wildman–Crippen MR) is 110 cm³/mol. The van der Waals surface area contributed by atoms with Crippen LogP contribution < -0.4 is 9.14 Å². The van der Waals surface area contributed by atoms with Crippen molar-refractivity contribution >= 4 is 52.4 Å². The van der Waals surface area contributed by atoms with Crippen molar-refractivity contribution in [3.8, 4) is 0 Å². The van der Waals surface area contributed by atoms with Gasteiger partial charge in [-0.15, -0.1) is 0 Å². The molecule has 1 aromatic carbocycles. The standard InChI is InChI=1S/C15H19ClNO2Si.3CH3.Sn/c1-20(2,3)10-9-19-11-17-8-7-12-5-4-6-13(16)14(12)15(17)18;;;;/h4,6-8H,9-11H2,1-3H3;3*1H3;. The van der Waals surface area contributed by atoms with Crippen LogP contribution in [0.3, 0.4) is 0 Å². The van der Waals surface area contributed by atoms with Gasteiger partial charge in [-0.3, -0.25) is 0 Å². The molecule has 0 fully saturated rings. The van der Waals surface area contributed by atoms with Crippen LogP contribution in [0, 0.1) is 0 Å². The van der Waals surface area contributed by atoms with Crippen molar-refractivity contribution in [1.82, 2.24) is 4.57 Å². The Balaban J connectivity index is 2.34. The van der Waals surface area contributed by atoms with E-state index in [0.717, 1.165) is 11.4 Å². The zero-order valence-corrected chi connectivity index (χ0v) is 20.2. The molecule has 0 bridgehead atoms. The van der Waals surface area contributed by atoms with Gasteiger partial charge in [0.2, 0.25) is 0 Å². The van der Waals surface area contributed by atoms with E-state index in [2.05, 4.69) is 40.5 Å². The van der Waals surface area contributed by atoms with Crippen LogP contribution in [0.25, 0.3) is 10.8 Å². The molecule has 24 heavy (non-hydrogen) atoms. The minimum absolute atomic E-state index is 0.0529. The summed E-state index contributed by atoms with van der Waals surface area (Å²) in [6.45, 7) is 7.94. The molecule has 0 saturated heterocycles. The first kappa shape index (κ1) is 20.0. The predicted octanol–water partition coefficient (Wildman–Crippen LogP) is 4.51. The summed E-state index contributed by atoms with van der Waals surface area (Å²) >= 11 is 4.04. The molecule has 1 aromatic heterocycles. The minimum atomic E-state index is -2.31. The maximum atomic E-state index is 12.9. The molecule has 0 spiro atoms. The van der Waals surface area contributed by atoms with Gasteiger partial charge in [0, 0.05) is 0 Å². The molecular formula is C18H28ClNO2SiSn. The summed E-state index contributed by atoms with van der Waals surface area (Å²) in [7, 11) is -1.12. The van der Waals surface area contributed by atoms with Crippen LogP contribution in [0.2, 0.25) is 45.5 Å². The van der Waals surface area contributed by atoms with Crippen molar-refractivity contribution in [2.24, 2.45) is 0 Å². The van der Waals surface area contributed by atoms with Crippen LogP contribution in [0.5, 0.6) is 0 Å². The fourth-order valence-electron chi connectivity index (χ4n) is 2.66. The molecule has 0 saturated carbocycles. The first-order valence-electron chi connectivity index (χ1n) is 8.40. The fraction of sp³-hybridized carbons (Fsp3) is 0.500. The SMILES string of the molecule is C[Si](C)(C)CCOCn1ccc2[c]([Sn]([CH3])([CH3])[CH3])ccc(Cl)c2c1=O. The Kier molecular flexibility index (Phi) is 6.27. The van der Waals surface area contributed by atoms with Gasteiger partial charge in [-0.2, -0.15) is 0 Å². The molecule has 0 N–H and O–H groups in total. The van der Waals surface area contributed by atoms with Gasteiger partial charge in [0.15, 0.2) is 0 Å². The summed E-state index contributed by atoms with van der Waals surface area (Å²) in [5.41, 5.74) is -0.0529. The molecule has 0 unspecified atom stereocenters. The van der Waals surface area contributed by atoms with Crippen molar-refractivity contribution in [1.29, 1.82) is 0 Å². The van der Waals surface area contributed by atoms with E-state index in [4.69, 9.17) is 16.3 Å². The Labute approximate surface area is 154 Å². The molecule has 0 radical (unpaired) electrons. The molecule has 2 aromatic rings. The van der Waals surface area contributed by atoms with Crippen LogP contribution in [0.4, 0.5) is 0 Å². The first-order valence-corrected chi connectivity index (χ1v) is 22.5. The number of aromatic nitrogens is 1. The van der Waals surface area contributed by atoms with Crippen LogP contribution in [-0.4, -0.2) is 37.6 Å². The average molecular weight is 473 g/mol. The van der Waals surface area contributed by atoms with Crippen LogP contribution in [0.1, 0.15) is 0 Å². The summed E-state index contributed by atoms with van der Waals surface area (Å²) in [4.78, 5) is 19.9. The van der Waals surface area contributed by atoms with E-state index in [0.29, 0.717) is 23.7 Å². The molecule has 0 aliphatic carbocycles. The third-order valence-electron chi connectivity index (χ3n) is 4.13. The average Bonchev–Trinajstić information content (AvgIpc) is 2.43. The first-order chi connectivity index (χ1) is 11.0. The Morgan fingerprint density at radius 1 is 1.17 bits per heavy atom. The van der Waals surface area contributed by atoms with E-state index >= 15 is 0 Å². The van der Waals surface area contributed by atoms with Crippen molar-refractivity contribution in [2.45, 2.75) is 47.2 Å². The van der Waals surface area contributed by atoms with E-state index in [1.54, 1.807) is 4.57 Å². The quantitative estimate of drug-likeness (QED) is 0.458. The molecule has 0 amide bonds. The summed E-state index contributed by atoms with van der Waals surface area (Å²) in [6.07, 6.45) is 1.84. The van der Waals surface area contributed by atoms with Crippen molar-refractivity contribution < 1.29 is 4.74 Å². The van der Waals surface area contributed by atoms with Gasteiger partial charge in [0.25, 0.3) is 0 Å².